The summed E-state index contributed by atoms with van der Waals surface area (Å²) >= 11 is 0. The SMILES string of the molecule is CCCCCCC/C=C\C/C=C\C/C=C\CCCCCCCCCCCCC(=O)OC(COCCCCCCCCCCCC/C=C\CCCCCCCC)COP(=O)(O)OCCN. The molecule has 0 amide bonds. The number of unbranched alkanes of at least 4 members (excludes halogenated alkanes) is 31. The Morgan fingerprint density at radius 3 is 1.25 bits per heavy atom. The summed E-state index contributed by atoms with van der Waals surface area (Å²) in [5, 5.41) is 0. The first-order valence-electron chi connectivity index (χ1n) is 27.1. The zero-order valence-electron chi connectivity index (χ0n) is 42.0. The molecule has 0 aromatic carbocycles. The smallest absolute Gasteiger partial charge is 0.457 e. The van der Waals surface area contributed by atoms with Crippen molar-refractivity contribution >= 4 is 13.8 Å². The molecule has 0 bridgehead atoms. The number of hydrogen-bond donors (Lipinski definition) is 2. The predicted molar refractivity (Wildman–Crippen MR) is 275 cm³/mol. The molecule has 0 heterocycles. The van der Waals surface area contributed by atoms with Gasteiger partial charge in [0.05, 0.1) is 19.8 Å². The summed E-state index contributed by atoms with van der Waals surface area (Å²) < 4.78 is 33.6. The minimum Gasteiger partial charge on any atom is -0.457 e. The standard InChI is InChI=1S/C55H104NO7P/c1-3-5-7-9-11-13-15-17-19-21-23-25-26-27-28-29-30-32-34-36-38-40-42-44-46-48-55(57)63-54(53-62-64(58,59)61-51-49-56)52-60-50-47-45-43-41-39-37-35-33-31-24-22-20-18-16-14-12-10-8-6-4-2/h15,17-18,20-21,23,26-27,54H,3-14,16,19,22,24-25,28-53,56H2,1-2H3,(H,58,59)/b17-15-,20-18-,23-21-,27-26-. The molecule has 0 radical (unpaired) electrons. The Kier molecular flexibility index (Phi) is 51.2. The minimum absolute atomic E-state index is 0.0968. The highest BCUT2D eigenvalue weighted by atomic mass is 31.2. The van der Waals surface area contributed by atoms with E-state index in [4.69, 9.17) is 24.3 Å². The van der Waals surface area contributed by atoms with Crippen LogP contribution in [0.15, 0.2) is 48.6 Å². The molecule has 0 fully saturated rings. The van der Waals surface area contributed by atoms with Crippen LogP contribution in [0.2, 0.25) is 0 Å². The third kappa shape index (κ3) is 51.4. The third-order valence-electron chi connectivity index (χ3n) is 11.7. The van der Waals surface area contributed by atoms with Crippen LogP contribution in [0.5, 0.6) is 0 Å². The molecule has 0 spiro atoms. The molecule has 0 aromatic heterocycles. The third-order valence-corrected chi connectivity index (χ3v) is 12.7. The normalized spacial score (nSPS) is 13.6. The lowest BCUT2D eigenvalue weighted by Crippen LogP contribution is -2.28. The summed E-state index contributed by atoms with van der Waals surface area (Å²) in [7, 11) is -4.29. The largest absolute Gasteiger partial charge is 0.472 e. The van der Waals surface area contributed by atoms with Gasteiger partial charge in [-0.15, -0.1) is 0 Å². The number of carbonyl (C=O) groups excluding carboxylic acids is 1. The number of allylic oxidation sites excluding steroid dienone is 8. The van der Waals surface area contributed by atoms with E-state index in [0.717, 1.165) is 44.9 Å². The molecule has 3 N–H and O–H groups in total. The molecular weight excluding hydrogens is 818 g/mol. The van der Waals surface area contributed by atoms with E-state index in [1.165, 1.54) is 193 Å². The van der Waals surface area contributed by atoms with Gasteiger partial charge in [-0.1, -0.05) is 223 Å². The minimum atomic E-state index is -4.29. The topological polar surface area (TPSA) is 117 Å². The molecule has 9 heteroatoms. The molecule has 0 aliphatic rings. The number of hydrogen-bond acceptors (Lipinski definition) is 7. The van der Waals surface area contributed by atoms with Crippen molar-refractivity contribution in [2.45, 2.75) is 264 Å². The van der Waals surface area contributed by atoms with Gasteiger partial charge in [0.15, 0.2) is 0 Å². The molecular formula is C55H104NO7P. The van der Waals surface area contributed by atoms with E-state index in [1.54, 1.807) is 0 Å². The quantitative estimate of drug-likeness (QED) is 0.0268. The number of carbonyl (C=O) groups is 1. The van der Waals surface area contributed by atoms with Gasteiger partial charge in [0, 0.05) is 19.6 Å². The van der Waals surface area contributed by atoms with Crippen molar-refractivity contribution in [2.75, 3.05) is 33.0 Å². The highest BCUT2D eigenvalue weighted by Crippen LogP contribution is 2.43. The maximum Gasteiger partial charge on any atom is 0.472 e. The zero-order chi connectivity index (χ0) is 46.5. The molecule has 2 unspecified atom stereocenters. The van der Waals surface area contributed by atoms with Crippen LogP contribution in [0.1, 0.15) is 258 Å². The van der Waals surface area contributed by atoms with E-state index in [1.807, 2.05) is 0 Å². The van der Waals surface area contributed by atoms with Gasteiger partial charge in [0.25, 0.3) is 0 Å². The summed E-state index contributed by atoms with van der Waals surface area (Å²) in [6.07, 6.45) is 64.3. The molecule has 2 atom stereocenters. The number of esters is 1. The van der Waals surface area contributed by atoms with Gasteiger partial charge in [-0.25, -0.2) is 4.57 Å². The van der Waals surface area contributed by atoms with Crippen LogP contribution in [-0.2, 0) is 27.9 Å². The second-order valence-corrected chi connectivity index (χ2v) is 19.5. The molecule has 0 saturated carbocycles. The highest BCUT2D eigenvalue weighted by molar-refractivity contribution is 7.47. The lowest BCUT2D eigenvalue weighted by atomic mass is 10.0. The monoisotopic (exact) mass is 922 g/mol. The second-order valence-electron chi connectivity index (χ2n) is 18.1. The fraction of sp³-hybridized carbons (Fsp3) is 0.836. The number of ether oxygens (including phenoxy) is 2. The van der Waals surface area contributed by atoms with Crippen molar-refractivity contribution in [1.82, 2.24) is 0 Å². The number of phosphoric acid groups is 1. The molecule has 0 aromatic rings. The molecule has 8 nitrogen and oxygen atoms in total. The van der Waals surface area contributed by atoms with Gasteiger partial charge in [0.1, 0.15) is 6.10 Å². The Morgan fingerprint density at radius 1 is 0.469 bits per heavy atom. The van der Waals surface area contributed by atoms with E-state index in [0.29, 0.717) is 13.0 Å². The van der Waals surface area contributed by atoms with Crippen molar-refractivity contribution in [3.63, 3.8) is 0 Å². The molecule has 376 valence electrons. The fourth-order valence-corrected chi connectivity index (χ4v) is 8.47. The fourth-order valence-electron chi connectivity index (χ4n) is 7.71. The molecule has 64 heavy (non-hydrogen) atoms. The Morgan fingerprint density at radius 2 is 0.828 bits per heavy atom. The van der Waals surface area contributed by atoms with Crippen LogP contribution in [0, 0.1) is 0 Å². The average Bonchev–Trinajstić information content (AvgIpc) is 3.29. The van der Waals surface area contributed by atoms with Gasteiger partial charge >= 0.3 is 13.8 Å². The van der Waals surface area contributed by atoms with Crippen molar-refractivity contribution in [3.05, 3.63) is 48.6 Å². The molecule has 0 saturated heterocycles. The van der Waals surface area contributed by atoms with E-state index in [-0.39, 0.29) is 32.3 Å². The lowest BCUT2D eigenvalue weighted by Gasteiger charge is -2.20. The number of nitrogens with two attached hydrogens (primary N) is 1. The van der Waals surface area contributed by atoms with Crippen LogP contribution in [0.25, 0.3) is 0 Å². The van der Waals surface area contributed by atoms with Gasteiger partial charge in [0.2, 0.25) is 0 Å². The zero-order valence-corrected chi connectivity index (χ0v) is 42.9. The number of phosphoric ester groups is 1. The summed E-state index contributed by atoms with van der Waals surface area (Å²) in [6.45, 7) is 4.94. The molecule has 0 rings (SSSR count). The van der Waals surface area contributed by atoms with Crippen LogP contribution in [-0.4, -0.2) is 49.9 Å². The van der Waals surface area contributed by atoms with Crippen molar-refractivity contribution in [2.24, 2.45) is 5.73 Å². The summed E-state index contributed by atoms with van der Waals surface area (Å²) in [4.78, 5) is 22.6. The first-order chi connectivity index (χ1) is 31.4. The first-order valence-corrected chi connectivity index (χ1v) is 28.6. The van der Waals surface area contributed by atoms with E-state index in [9.17, 15) is 14.3 Å². The van der Waals surface area contributed by atoms with Gasteiger partial charge in [-0.05, 0) is 77.0 Å². The van der Waals surface area contributed by atoms with Crippen LogP contribution in [0.4, 0.5) is 0 Å². The van der Waals surface area contributed by atoms with E-state index in [2.05, 4.69) is 62.5 Å². The van der Waals surface area contributed by atoms with Crippen molar-refractivity contribution in [3.8, 4) is 0 Å². The Labute approximate surface area is 396 Å². The predicted octanol–water partition coefficient (Wildman–Crippen LogP) is 17.1. The van der Waals surface area contributed by atoms with Gasteiger partial charge in [-0.2, -0.15) is 0 Å². The highest BCUT2D eigenvalue weighted by Gasteiger charge is 2.25. The van der Waals surface area contributed by atoms with Crippen LogP contribution < -0.4 is 5.73 Å². The maximum atomic E-state index is 12.7. The second kappa shape index (κ2) is 52.4. The van der Waals surface area contributed by atoms with Crippen LogP contribution >= 0.6 is 7.82 Å². The summed E-state index contributed by atoms with van der Waals surface area (Å²) in [6, 6.07) is 0. The molecule has 0 aliphatic heterocycles. The summed E-state index contributed by atoms with van der Waals surface area (Å²) in [5.41, 5.74) is 5.40. The maximum absolute atomic E-state index is 12.7. The average molecular weight is 922 g/mol. The number of rotatable bonds is 52. The van der Waals surface area contributed by atoms with E-state index >= 15 is 0 Å². The van der Waals surface area contributed by atoms with E-state index < -0.39 is 13.9 Å². The van der Waals surface area contributed by atoms with Crippen molar-refractivity contribution < 1.29 is 32.8 Å². The van der Waals surface area contributed by atoms with Gasteiger partial charge < -0.3 is 20.1 Å². The van der Waals surface area contributed by atoms with Crippen molar-refractivity contribution in [1.29, 1.82) is 0 Å². The first kappa shape index (κ1) is 62.5. The Hall–Kier alpha value is -1.54. The van der Waals surface area contributed by atoms with Crippen LogP contribution in [0.3, 0.4) is 0 Å². The Balaban J connectivity index is 3.92. The van der Waals surface area contributed by atoms with Gasteiger partial charge in [-0.3, -0.25) is 13.8 Å². The summed E-state index contributed by atoms with van der Waals surface area (Å²) in [5.74, 6) is -0.332. The Bertz CT molecular complexity index is 1130. The lowest BCUT2D eigenvalue weighted by molar-refractivity contribution is -0.154. The molecule has 0 aliphatic carbocycles.